The van der Waals surface area contributed by atoms with Crippen LogP contribution < -0.4 is 0 Å². The van der Waals surface area contributed by atoms with Gasteiger partial charge in [0.05, 0.1) is 5.56 Å². The summed E-state index contributed by atoms with van der Waals surface area (Å²) in [7, 11) is 0. The molecule has 0 amide bonds. The molecule has 0 saturated carbocycles. The number of rotatable bonds is 2. The van der Waals surface area contributed by atoms with Gasteiger partial charge in [0.2, 0.25) is 11.6 Å². The molecule has 0 heterocycles. The molecule has 0 nitrogen and oxygen atoms in total. The zero-order chi connectivity index (χ0) is 14.2. The molecule has 0 spiro atoms. The van der Waals surface area contributed by atoms with Crippen molar-refractivity contribution in [2.75, 3.05) is 0 Å². The molecule has 0 N–H and O–H groups in total. The van der Waals surface area contributed by atoms with Gasteiger partial charge < -0.3 is 0 Å². The van der Waals surface area contributed by atoms with E-state index in [-0.39, 0.29) is 0 Å². The average Bonchev–Trinajstić information content (AvgIpc) is 2.32. The van der Waals surface area contributed by atoms with Gasteiger partial charge in [-0.05, 0) is 0 Å². The van der Waals surface area contributed by atoms with E-state index in [1.807, 2.05) is 0 Å². The van der Waals surface area contributed by atoms with Crippen LogP contribution in [0.5, 0.6) is 0 Å². The Kier molecular flexibility index (Phi) is 3.92. The highest BCUT2D eigenvalue weighted by atomic mass is 19.3. The molecule has 18 heavy (non-hydrogen) atoms. The summed E-state index contributed by atoms with van der Waals surface area (Å²) < 4.78 is 112. The fourth-order valence-corrected chi connectivity index (χ4v) is 1.01. The first-order valence-electron chi connectivity index (χ1n) is 4.05. The molecule has 1 rings (SSSR count). The Hall–Kier alpha value is -1.67. The first-order chi connectivity index (χ1) is 8.20. The lowest BCUT2D eigenvalue weighted by Gasteiger charge is -2.07. The van der Waals surface area contributed by atoms with E-state index in [2.05, 4.69) is 0 Å². The van der Waals surface area contributed by atoms with Crippen molar-refractivity contribution in [3.05, 3.63) is 40.5 Å². The minimum absolute atomic E-state index is 2.37. The SMILES string of the molecule is FC(=C(F)C(F)F)c1c(F)c(F)c(F)c(F)c1F. The Labute approximate surface area is 93.3 Å². The summed E-state index contributed by atoms with van der Waals surface area (Å²) in [6.07, 6.45) is -4.10. The Balaban J connectivity index is 3.67. The summed E-state index contributed by atoms with van der Waals surface area (Å²) in [6.45, 7) is 0. The van der Waals surface area contributed by atoms with Crippen LogP contribution in [0.3, 0.4) is 0 Å². The number of hydrogen-bond acceptors (Lipinski definition) is 0. The van der Waals surface area contributed by atoms with Crippen molar-refractivity contribution in [3.63, 3.8) is 0 Å². The van der Waals surface area contributed by atoms with Gasteiger partial charge in [-0.15, -0.1) is 0 Å². The molecule has 0 bridgehead atoms. The van der Waals surface area contributed by atoms with E-state index in [0.29, 0.717) is 0 Å². The van der Waals surface area contributed by atoms with Gasteiger partial charge in [0.15, 0.2) is 29.1 Å². The lowest BCUT2D eigenvalue weighted by molar-refractivity contribution is 0.158. The Bertz CT molecular complexity index is 488. The van der Waals surface area contributed by atoms with Crippen LogP contribution in [0.25, 0.3) is 5.83 Å². The lowest BCUT2D eigenvalue weighted by Crippen LogP contribution is -2.07. The maximum Gasteiger partial charge on any atom is 0.292 e. The monoisotopic (exact) mass is 280 g/mol. The zero-order valence-corrected chi connectivity index (χ0v) is 7.98. The normalized spacial score (nSPS) is 13.0. The molecular weight excluding hydrogens is 279 g/mol. The van der Waals surface area contributed by atoms with Gasteiger partial charge in [-0.25, -0.2) is 39.5 Å². The first-order valence-corrected chi connectivity index (χ1v) is 4.05. The zero-order valence-electron chi connectivity index (χ0n) is 7.98. The van der Waals surface area contributed by atoms with Crippen LogP contribution in [0.1, 0.15) is 5.56 Å². The van der Waals surface area contributed by atoms with Crippen LogP contribution in [-0.4, -0.2) is 6.43 Å². The molecule has 0 unspecified atom stereocenters. The fraction of sp³-hybridized carbons (Fsp3) is 0.111. The Morgan fingerprint density at radius 3 is 1.33 bits per heavy atom. The third-order valence-corrected chi connectivity index (χ3v) is 1.83. The third-order valence-electron chi connectivity index (χ3n) is 1.83. The number of allylic oxidation sites excluding steroid dienone is 1. The predicted molar refractivity (Wildman–Crippen MR) is 41.4 cm³/mol. The quantitative estimate of drug-likeness (QED) is 0.431. The van der Waals surface area contributed by atoms with E-state index in [1.54, 1.807) is 0 Å². The van der Waals surface area contributed by atoms with Gasteiger partial charge in [-0.1, -0.05) is 0 Å². The van der Waals surface area contributed by atoms with E-state index in [1.165, 1.54) is 0 Å². The summed E-state index contributed by atoms with van der Waals surface area (Å²) in [5.74, 6) is -19.0. The molecule has 0 radical (unpaired) electrons. The summed E-state index contributed by atoms with van der Waals surface area (Å²) in [5.41, 5.74) is -2.37. The molecule has 100 valence electrons. The van der Waals surface area contributed by atoms with Crippen molar-refractivity contribution in [1.29, 1.82) is 0 Å². The highest BCUT2D eigenvalue weighted by Gasteiger charge is 2.31. The topological polar surface area (TPSA) is 0 Å². The lowest BCUT2D eigenvalue weighted by atomic mass is 10.1. The minimum Gasteiger partial charge on any atom is -0.203 e. The Morgan fingerprint density at radius 1 is 0.667 bits per heavy atom. The van der Waals surface area contributed by atoms with E-state index < -0.39 is 52.7 Å². The van der Waals surface area contributed by atoms with Crippen LogP contribution >= 0.6 is 0 Å². The maximum absolute atomic E-state index is 12.9. The van der Waals surface area contributed by atoms with Crippen LogP contribution in [0.4, 0.5) is 39.5 Å². The van der Waals surface area contributed by atoms with Crippen LogP contribution in [-0.2, 0) is 0 Å². The van der Waals surface area contributed by atoms with Gasteiger partial charge in [0.1, 0.15) is 0 Å². The van der Waals surface area contributed by atoms with Crippen LogP contribution in [0, 0.1) is 29.1 Å². The molecular formula is C9HF9. The molecule has 0 aliphatic heterocycles. The van der Waals surface area contributed by atoms with Gasteiger partial charge >= 0.3 is 0 Å². The molecule has 1 aromatic carbocycles. The minimum atomic E-state index is -4.10. The largest absolute Gasteiger partial charge is 0.292 e. The highest BCUT2D eigenvalue weighted by Crippen LogP contribution is 2.32. The van der Waals surface area contributed by atoms with Crippen LogP contribution in [0.15, 0.2) is 5.83 Å². The predicted octanol–water partition coefficient (Wildman–Crippen LogP) is 4.25. The van der Waals surface area contributed by atoms with Crippen molar-refractivity contribution in [2.45, 2.75) is 6.43 Å². The smallest absolute Gasteiger partial charge is 0.203 e. The van der Waals surface area contributed by atoms with Crippen molar-refractivity contribution < 1.29 is 39.5 Å². The number of alkyl halides is 2. The summed E-state index contributed by atoms with van der Waals surface area (Å²) in [6, 6.07) is 0. The van der Waals surface area contributed by atoms with Gasteiger partial charge in [0.25, 0.3) is 6.43 Å². The molecule has 0 atom stereocenters. The van der Waals surface area contributed by atoms with Crippen molar-refractivity contribution in [3.8, 4) is 0 Å². The maximum atomic E-state index is 12.9. The summed E-state index contributed by atoms with van der Waals surface area (Å²) in [4.78, 5) is 0. The van der Waals surface area contributed by atoms with Crippen molar-refractivity contribution >= 4 is 5.83 Å². The van der Waals surface area contributed by atoms with Gasteiger partial charge in [0, 0.05) is 0 Å². The third kappa shape index (κ3) is 2.16. The number of hydrogen-bond donors (Lipinski definition) is 0. The molecule has 9 heteroatoms. The second kappa shape index (κ2) is 4.91. The first kappa shape index (κ1) is 14.4. The molecule has 0 saturated heterocycles. The summed E-state index contributed by atoms with van der Waals surface area (Å²) in [5, 5.41) is 0. The highest BCUT2D eigenvalue weighted by molar-refractivity contribution is 5.62. The molecule has 0 aromatic heterocycles. The standard InChI is InChI=1S/C9HF9/c10-2-1(4(12)8(16)9(17)18)3(11)6(14)7(15)5(2)13/h9H. The van der Waals surface area contributed by atoms with Crippen molar-refractivity contribution in [2.24, 2.45) is 0 Å². The van der Waals surface area contributed by atoms with Gasteiger partial charge in [-0.3, -0.25) is 0 Å². The van der Waals surface area contributed by atoms with Gasteiger partial charge in [-0.2, -0.15) is 0 Å². The fourth-order valence-electron chi connectivity index (χ4n) is 1.01. The van der Waals surface area contributed by atoms with E-state index in [9.17, 15) is 39.5 Å². The second-order valence-electron chi connectivity index (χ2n) is 2.91. The van der Waals surface area contributed by atoms with Crippen LogP contribution in [0.2, 0.25) is 0 Å². The van der Waals surface area contributed by atoms with E-state index in [0.717, 1.165) is 0 Å². The number of halogens is 9. The number of benzene rings is 1. The molecule has 0 aliphatic carbocycles. The molecule has 1 aromatic rings. The second-order valence-corrected chi connectivity index (χ2v) is 2.91. The van der Waals surface area contributed by atoms with Crippen molar-refractivity contribution in [1.82, 2.24) is 0 Å². The van der Waals surface area contributed by atoms with E-state index in [4.69, 9.17) is 0 Å². The Morgan fingerprint density at radius 2 is 1.00 bits per heavy atom. The average molecular weight is 280 g/mol. The summed E-state index contributed by atoms with van der Waals surface area (Å²) >= 11 is 0. The molecule has 0 fully saturated rings. The van der Waals surface area contributed by atoms with E-state index >= 15 is 0 Å². The molecule has 0 aliphatic rings.